The number of carbonyl (C=O) groups is 2. The number of nitrogens with zero attached hydrogens (tertiary/aromatic N) is 1. The highest BCUT2D eigenvalue weighted by Gasteiger charge is 2.45. The van der Waals surface area contributed by atoms with Crippen molar-refractivity contribution in [2.24, 2.45) is 17.3 Å². The van der Waals surface area contributed by atoms with E-state index in [-0.39, 0.29) is 35.9 Å². The molecule has 0 radical (unpaired) electrons. The summed E-state index contributed by atoms with van der Waals surface area (Å²) in [6, 6.07) is 5.76. The van der Waals surface area contributed by atoms with Gasteiger partial charge in [-0.05, 0) is 42.4 Å². The number of benzene rings is 1. The highest BCUT2D eigenvalue weighted by Crippen LogP contribution is 2.41. The molecule has 1 aromatic rings. The molecule has 1 aliphatic carbocycles. The third kappa shape index (κ3) is 5.15. The molecule has 1 amide bonds. The minimum atomic E-state index is -0.145. The molecule has 1 aromatic carbocycles. The quantitative estimate of drug-likeness (QED) is 0.684. The number of fused-ring (bicyclic) bond motifs is 1. The van der Waals surface area contributed by atoms with Crippen LogP contribution in [0.15, 0.2) is 18.2 Å². The van der Waals surface area contributed by atoms with Crippen molar-refractivity contribution in [3.8, 4) is 11.5 Å². The van der Waals surface area contributed by atoms with Crippen LogP contribution in [0, 0.1) is 17.3 Å². The van der Waals surface area contributed by atoms with E-state index >= 15 is 0 Å². The van der Waals surface area contributed by atoms with Gasteiger partial charge in [0.15, 0.2) is 11.5 Å². The molecule has 1 fully saturated rings. The minimum Gasteiger partial charge on any atom is -0.466 e. The van der Waals surface area contributed by atoms with E-state index < -0.39 is 0 Å². The lowest BCUT2D eigenvalue weighted by Gasteiger charge is -2.27. The molecule has 1 saturated carbocycles. The van der Waals surface area contributed by atoms with Crippen LogP contribution in [0.5, 0.6) is 11.5 Å². The smallest absolute Gasteiger partial charge is 0.309 e. The van der Waals surface area contributed by atoms with E-state index in [4.69, 9.17) is 14.2 Å². The molecular formula is C21H29NO5. The Bertz CT molecular complexity index is 709. The van der Waals surface area contributed by atoms with Crippen LogP contribution in [0.25, 0.3) is 0 Å². The molecule has 0 spiro atoms. The van der Waals surface area contributed by atoms with E-state index in [1.54, 1.807) is 0 Å². The van der Waals surface area contributed by atoms with E-state index in [9.17, 15) is 9.59 Å². The van der Waals surface area contributed by atoms with E-state index in [0.29, 0.717) is 31.9 Å². The summed E-state index contributed by atoms with van der Waals surface area (Å²) < 4.78 is 15.9. The summed E-state index contributed by atoms with van der Waals surface area (Å²) >= 11 is 0. The predicted octanol–water partition coefficient (Wildman–Crippen LogP) is 3.38. The Labute approximate surface area is 160 Å². The Morgan fingerprint density at radius 1 is 1.22 bits per heavy atom. The summed E-state index contributed by atoms with van der Waals surface area (Å²) in [4.78, 5) is 26.7. The Hall–Kier alpha value is -2.24. The average molecular weight is 375 g/mol. The van der Waals surface area contributed by atoms with Crippen molar-refractivity contribution >= 4 is 11.9 Å². The molecule has 6 heteroatoms. The molecule has 2 atom stereocenters. The number of hydrogen-bond donors (Lipinski definition) is 0. The van der Waals surface area contributed by atoms with Crippen molar-refractivity contribution < 1.29 is 23.8 Å². The monoisotopic (exact) mass is 375 g/mol. The number of ether oxygens (including phenoxy) is 3. The summed E-state index contributed by atoms with van der Waals surface area (Å²) in [6.45, 7) is 9.69. The van der Waals surface area contributed by atoms with Gasteiger partial charge in [0.2, 0.25) is 12.7 Å². The number of amides is 1. The maximum atomic E-state index is 12.9. The molecule has 0 aromatic heterocycles. The first-order valence-corrected chi connectivity index (χ1v) is 9.60. The van der Waals surface area contributed by atoms with E-state index in [1.807, 2.05) is 30.0 Å². The summed E-state index contributed by atoms with van der Waals surface area (Å²) in [7, 11) is 0. The third-order valence-electron chi connectivity index (χ3n) is 4.81. The van der Waals surface area contributed by atoms with E-state index in [0.717, 1.165) is 17.7 Å². The fourth-order valence-corrected chi connectivity index (χ4v) is 3.35. The highest BCUT2D eigenvalue weighted by molar-refractivity contribution is 5.78. The van der Waals surface area contributed by atoms with Crippen molar-refractivity contribution in [1.29, 1.82) is 0 Å². The van der Waals surface area contributed by atoms with Crippen molar-refractivity contribution in [3.63, 3.8) is 0 Å². The van der Waals surface area contributed by atoms with Gasteiger partial charge < -0.3 is 19.1 Å². The van der Waals surface area contributed by atoms with Crippen LogP contribution in [-0.4, -0.2) is 36.7 Å². The number of hydrogen-bond acceptors (Lipinski definition) is 5. The standard InChI is InChI=1S/C21H29NO5/c1-5-25-20(24)16-9-15(16)12-22(19(23)10-21(2,3)4)11-14-6-7-17-18(8-14)27-13-26-17/h6-8,15-16H,5,9-13H2,1-4H3/t15-,16-/m1/s1. The summed E-state index contributed by atoms with van der Waals surface area (Å²) in [5, 5.41) is 0. The Balaban J connectivity index is 1.68. The van der Waals surface area contributed by atoms with Gasteiger partial charge in [-0.25, -0.2) is 0 Å². The Morgan fingerprint density at radius 2 is 1.96 bits per heavy atom. The topological polar surface area (TPSA) is 65.1 Å². The zero-order valence-corrected chi connectivity index (χ0v) is 16.6. The van der Waals surface area contributed by atoms with Gasteiger partial charge in [-0.3, -0.25) is 9.59 Å². The molecule has 2 aliphatic rings. The van der Waals surface area contributed by atoms with Crippen molar-refractivity contribution in [3.05, 3.63) is 23.8 Å². The van der Waals surface area contributed by atoms with Gasteiger partial charge in [0.1, 0.15) is 0 Å². The highest BCUT2D eigenvalue weighted by atomic mass is 16.7. The van der Waals surface area contributed by atoms with Gasteiger partial charge in [0.25, 0.3) is 0 Å². The molecule has 1 aliphatic heterocycles. The van der Waals surface area contributed by atoms with Crippen molar-refractivity contribution in [2.45, 2.75) is 47.1 Å². The zero-order chi connectivity index (χ0) is 19.6. The third-order valence-corrected chi connectivity index (χ3v) is 4.81. The van der Waals surface area contributed by atoms with Crippen LogP contribution in [-0.2, 0) is 20.9 Å². The van der Waals surface area contributed by atoms with Crippen LogP contribution in [0.2, 0.25) is 0 Å². The van der Waals surface area contributed by atoms with Crippen molar-refractivity contribution in [2.75, 3.05) is 19.9 Å². The van der Waals surface area contributed by atoms with Crippen LogP contribution in [0.4, 0.5) is 0 Å². The predicted molar refractivity (Wildman–Crippen MR) is 100 cm³/mol. The van der Waals surface area contributed by atoms with Crippen LogP contribution in [0.3, 0.4) is 0 Å². The number of carbonyl (C=O) groups excluding carboxylic acids is 2. The molecule has 1 heterocycles. The summed E-state index contributed by atoms with van der Waals surface area (Å²) in [5.41, 5.74) is 0.906. The second-order valence-corrected chi connectivity index (χ2v) is 8.55. The molecule has 0 N–H and O–H groups in total. The van der Waals surface area contributed by atoms with Crippen LogP contribution < -0.4 is 9.47 Å². The molecule has 27 heavy (non-hydrogen) atoms. The molecule has 0 saturated heterocycles. The lowest BCUT2D eigenvalue weighted by molar-refractivity contribution is -0.145. The lowest BCUT2D eigenvalue weighted by Crippen LogP contribution is -2.35. The SMILES string of the molecule is CCOC(=O)[C@@H]1C[C@@H]1CN(Cc1ccc2c(c1)OCO2)C(=O)CC(C)(C)C. The van der Waals surface area contributed by atoms with Gasteiger partial charge in [0, 0.05) is 19.5 Å². The Kier molecular flexibility index (Phi) is 5.63. The average Bonchev–Trinajstić information content (AvgIpc) is 3.19. The summed E-state index contributed by atoms with van der Waals surface area (Å²) in [6.07, 6.45) is 1.26. The number of rotatable bonds is 7. The van der Waals surface area contributed by atoms with Gasteiger partial charge in [-0.15, -0.1) is 0 Å². The first kappa shape index (κ1) is 19.5. The molecule has 0 bridgehead atoms. The minimum absolute atomic E-state index is 0.0772. The first-order chi connectivity index (χ1) is 12.8. The van der Waals surface area contributed by atoms with Crippen LogP contribution >= 0.6 is 0 Å². The molecule has 148 valence electrons. The normalized spacial score (nSPS) is 20.3. The maximum absolute atomic E-state index is 12.9. The van der Waals surface area contributed by atoms with Gasteiger partial charge in [-0.2, -0.15) is 0 Å². The van der Waals surface area contributed by atoms with Gasteiger partial charge in [-0.1, -0.05) is 26.8 Å². The molecular weight excluding hydrogens is 346 g/mol. The fourth-order valence-electron chi connectivity index (χ4n) is 3.35. The van der Waals surface area contributed by atoms with Crippen molar-refractivity contribution in [1.82, 2.24) is 4.90 Å². The molecule has 0 unspecified atom stereocenters. The zero-order valence-electron chi connectivity index (χ0n) is 16.6. The second kappa shape index (κ2) is 7.79. The first-order valence-electron chi connectivity index (χ1n) is 9.60. The maximum Gasteiger partial charge on any atom is 0.309 e. The largest absolute Gasteiger partial charge is 0.466 e. The number of esters is 1. The molecule has 3 rings (SSSR count). The Morgan fingerprint density at radius 3 is 2.67 bits per heavy atom. The second-order valence-electron chi connectivity index (χ2n) is 8.55. The summed E-state index contributed by atoms with van der Waals surface area (Å²) in [5.74, 6) is 1.51. The van der Waals surface area contributed by atoms with E-state index in [1.165, 1.54) is 0 Å². The van der Waals surface area contributed by atoms with Gasteiger partial charge in [0.05, 0.1) is 12.5 Å². The van der Waals surface area contributed by atoms with E-state index in [2.05, 4.69) is 20.8 Å². The lowest BCUT2D eigenvalue weighted by atomic mass is 9.91. The van der Waals surface area contributed by atoms with Gasteiger partial charge >= 0.3 is 5.97 Å². The van der Waals surface area contributed by atoms with Crippen LogP contribution in [0.1, 0.15) is 46.1 Å². The molecule has 6 nitrogen and oxygen atoms in total. The fraction of sp³-hybridized carbons (Fsp3) is 0.619.